The minimum atomic E-state index is -0.651. The molecule has 1 N–H and O–H groups in total. The van der Waals surface area contributed by atoms with E-state index in [0.29, 0.717) is 11.4 Å². The third-order valence-corrected chi connectivity index (χ3v) is 3.40. The molecule has 2 aromatic carbocycles. The molecule has 0 fully saturated rings. The van der Waals surface area contributed by atoms with E-state index < -0.39 is 18.5 Å². The van der Waals surface area contributed by atoms with Crippen molar-refractivity contribution in [3.63, 3.8) is 0 Å². The summed E-state index contributed by atoms with van der Waals surface area (Å²) in [5.74, 6) is -1.10. The van der Waals surface area contributed by atoms with Crippen LogP contribution in [0.25, 0.3) is 0 Å². The van der Waals surface area contributed by atoms with E-state index in [2.05, 4.69) is 20.5 Å². The fourth-order valence-electron chi connectivity index (χ4n) is 2.11. The van der Waals surface area contributed by atoms with Gasteiger partial charge in [-0.25, -0.2) is 9.78 Å². The average Bonchev–Trinajstić information content (AvgIpc) is 2.73. The van der Waals surface area contributed by atoms with Crippen molar-refractivity contribution >= 4 is 28.9 Å². The van der Waals surface area contributed by atoms with E-state index in [9.17, 15) is 9.59 Å². The normalized spacial score (nSPS) is 10.5. The Labute approximate surface area is 155 Å². The molecule has 7 heteroatoms. The number of nitrogens with one attached hydrogen (secondary N) is 1. The van der Waals surface area contributed by atoms with Crippen molar-refractivity contribution in [2.75, 3.05) is 11.9 Å². The Morgan fingerprint density at radius 1 is 0.852 bits per heavy atom. The second-order valence-corrected chi connectivity index (χ2v) is 5.42. The zero-order valence-corrected chi connectivity index (χ0v) is 14.3. The monoisotopic (exact) mass is 360 g/mol. The van der Waals surface area contributed by atoms with Crippen molar-refractivity contribution in [1.82, 2.24) is 4.98 Å². The summed E-state index contributed by atoms with van der Waals surface area (Å²) in [6.07, 6.45) is 1.48. The van der Waals surface area contributed by atoms with Crippen LogP contribution in [0, 0.1) is 0 Å². The van der Waals surface area contributed by atoms with Crippen LogP contribution in [0.1, 0.15) is 10.5 Å². The maximum atomic E-state index is 11.9. The molecule has 27 heavy (non-hydrogen) atoms. The Balaban J connectivity index is 1.50. The van der Waals surface area contributed by atoms with E-state index in [0.717, 1.165) is 5.69 Å². The zero-order valence-electron chi connectivity index (χ0n) is 14.3. The van der Waals surface area contributed by atoms with E-state index in [1.54, 1.807) is 36.4 Å². The number of ether oxygens (including phenoxy) is 1. The van der Waals surface area contributed by atoms with Gasteiger partial charge in [-0.15, -0.1) is 0 Å². The maximum absolute atomic E-state index is 11.9. The van der Waals surface area contributed by atoms with Crippen molar-refractivity contribution in [2.45, 2.75) is 0 Å². The van der Waals surface area contributed by atoms with E-state index in [1.807, 2.05) is 30.3 Å². The molecule has 3 rings (SSSR count). The average molecular weight is 360 g/mol. The number of pyridine rings is 1. The SMILES string of the molecule is O=C(COC(=O)c1ccccn1)Nc1ccc(N=Nc2ccccc2)cc1. The molecule has 1 aromatic heterocycles. The lowest BCUT2D eigenvalue weighted by atomic mass is 10.3. The summed E-state index contributed by atoms with van der Waals surface area (Å²) in [7, 11) is 0. The number of amides is 1. The summed E-state index contributed by atoms with van der Waals surface area (Å²) in [4.78, 5) is 27.5. The fourth-order valence-corrected chi connectivity index (χ4v) is 2.11. The first-order chi connectivity index (χ1) is 13.2. The van der Waals surface area contributed by atoms with Crippen LogP contribution in [-0.4, -0.2) is 23.5 Å². The second-order valence-electron chi connectivity index (χ2n) is 5.42. The van der Waals surface area contributed by atoms with Crippen LogP contribution in [-0.2, 0) is 9.53 Å². The highest BCUT2D eigenvalue weighted by Gasteiger charge is 2.11. The molecular formula is C20H16N4O3. The Morgan fingerprint density at radius 3 is 2.19 bits per heavy atom. The molecule has 0 bridgehead atoms. The second kappa shape index (κ2) is 9.00. The van der Waals surface area contributed by atoms with Gasteiger partial charge in [0.05, 0.1) is 11.4 Å². The lowest BCUT2D eigenvalue weighted by Crippen LogP contribution is -2.21. The minimum Gasteiger partial charge on any atom is -0.451 e. The molecular weight excluding hydrogens is 344 g/mol. The summed E-state index contributed by atoms with van der Waals surface area (Å²) in [6.45, 7) is -0.398. The van der Waals surface area contributed by atoms with Gasteiger partial charge >= 0.3 is 5.97 Å². The molecule has 7 nitrogen and oxygen atoms in total. The predicted octanol–water partition coefficient (Wildman–Crippen LogP) is 4.29. The third kappa shape index (κ3) is 5.57. The molecule has 134 valence electrons. The highest BCUT2D eigenvalue weighted by molar-refractivity contribution is 5.94. The number of rotatable bonds is 6. The smallest absolute Gasteiger partial charge is 0.357 e. The van der Waals surface area contributed by atoms with Gasteiger partial charge in [0.25, 0.3) is 5.91 Å². The van der Waals surface area contributed by atoms with Gasteiger partial charge in [-0.1, -0.05) is 24.3 Å². The molecule has 0 saturated heterocycles. The number of hydrogen-bond donors (Lipinski definition) is 1. The Bertz CT molecular complexity index is 926. The highest BCUT2D eigenvalue weighted by atomic mass is 16.5. The molecule has 0 aliphatic carbocycles. The van der Waals surface area contributed by atoms with Gasteiger partial charge in [0.15, 0.2) is 6.61 Å². The van der Waals surface area contributed by atoms with Gasteiger partial charge in [-0.2, -0.15) is 10.2 Å². The van der Waals surface area contributed by atoms with Gasteiger partial charge in [0.1, 0.15) is 5.69 Å². The number of anilines is 1. The molecule has 0 atom stereocenters. The molecule has 0 aliphatic heterocycles. The Hall–Kier alpha value is -3.87. The van der Waals surface area contributed by atoms with Crippen LogP contribution in [0.5, 0.6) is 0 Å². The number of benzene rings is 2. The molecule has 0 unspecified atom stereocenters. The summed E-state index contributed by atoms with van der Waals surface area (Å²) >= 11 is 0. The Kier molecular flexibility index (Phi) is 5.98. The van der Waals surface area contributed by atoms with Gasteiger partial charge in [0, 0.05) is 11.9 Å². The largest absolute Gasteiger partial charge is 0.451 e. The summed E-state index contributed by atoms with van der Waals surface area (Å²) < 4.78 is 4.93. The van der Waals surface area contributed by atoms with E-state index in [-0.39, 0.29) is 5.69 Å². The molecule has 3 aromatic rings. The standard InChI is InChI=1S/C20H16N4O3/c25-19(14-27-20(26)18-8-4-5-13-21-18)22-15-9-11-17(12-10-15)24-23-16-6-2-1-3-7-16/h1-13H,14H2,(H,22,25). The van der Waals surface area contributed by atoms with Crippen LogP contribution in [0.15, 0.2) is 89.2 Å². The van der Waals surface area contributed by atoms with Crippen LogP contribution in [0.3, 0.4) is 0 Å². The number of carbonyl (C=O) groups is 2. The van der Waals surface area contributed by atoms with Gasteiger partial charge in [-0.3, -0.25) is 4.79 Å². The van der Waals surface area contributed by atoms with E-state index in [1.165, 1.54) is 12.3 Å². The number of azo groups is 1. The number of carbonyl (C=O) groups excluding carboxylic acids is 2. The van der Waals surface area contributed by atoms with Crippen LogP contribution in [0.4, 0.5) is 17.1 Å². The van der Waals surface area contributed by atoms with Crippen LogP contribution < -0.4 is 5.32 Å². The van der Waals surface area contributed by atoms with Crippen molar-refractivity contribution < 1.29 is 14.3 Å². The third-order valence-electron chi connectivity index (χ3n) is 3.40. The molecule has 0 aliphatic rings. The fraction of sp³-hybridized carbons (Fsp3) is 0.0500. The van der Waals surface area contributed by atoms with Crippen molar-refractivity contribution in [3.05, 3.63) is 84.7 Å². The van der Waals surface area contributed by atoms with Crippen LogP contribution in [0.2, 0.25) is 0 Å². The Morgan fingerprint density at radius 2 is 1.52 bits per heavy atom. The summed E-state index contributed by atoms with van der Waals surface area (Å²) in [5, 5.41) is 10.9. The van der Waals surface area contributed by atoms with Crippen molar-refractivity contribution in [2.24, 2.45) is 10.2 Å². The summed E-state index contributed by atoms with van der Waals surface area (Å²) in [6, 6.07) is 21.1. The number of aromatic nitrogens is 1. The van der Waals surface area contributed by atoms with E-state index in [4.69, 9.17) is 4.74 Å². The molecule has 0 saturated carbocycles. The molecule has 0 radical (unpaired) electrons. The van der Waals surface area contributed by atoms with Crippen LogP contribution >= 0.6 is 0 Å². The predicted molar refractivity (Wildman–Crippen MR) is 100 cm³/mol. The first kappa shape index (κ1) is 17.9. The zero-order chi connectivity index (χ0) is 18.9. The lowest BCUT2D eigenvalue weighted by molar-refractivity contribution is -0.119. The van der Waals surface area contributed by atoms with E-state index >= 15 is 0 Å². The number of esters is 1. The van der Waals surface area contributed by atoms with Crippen molar-refractivity contribution in [1.29, 1.82) is 0 Å². The highest BCUT2D eigenvalue weighted by Crippen LogP contribution is 2.20. The lowest BCUT2D eigenvalue weighted by Gasteiger charge is -2.06. The van der Waals surface area contributed by atoms with Crippen molar-refractivity contribution in [3.8, 4) is 0 Å². The molecule has 1 amide bonds. The number of hydrogen-bond acceptors (Lipinski definition) is 6. The maximum Gasteiger partial charge on any atom is 0.357 e. The minimum absolute atomic E-state index is 0.151. The van der Waals surface area contributed by atoms with Gasteiger partial charge < -0.3 is 10.1 Å². The number of nitrogens with zero attached hydrogens (tertiary/aromatic N) is 3. The molecule has 1 heterocycles. The topological polar surface area (TPSA) is 93.0 Å². The van der Waals surface area contributed by atoms with Gasteiger partial charge in [0.2, 0.25) is 0 Å². The first-order valence-corrected chi connectivity index (χ1v) is 8.15. The van der Waals surface area contributed by atoms with Gasteiger partial charge in [-0.05, 0) is 48.5 Å². The quantitative estimate of drug-likeness (QED) is 0.524. The first-order valence-electron chi connectivity index (χ1n) is 8.15. The molecule has 0 spiro atoms. The summed E-state index contributed by atoms with van der Waals surface area (Å²) in [5.41, 5.74) is 2.12.